The number of carbonyl (C=O) groups is 1. The molecular formula is C18H21N3O3S. The fourth-order valence-corrected chi connectivity index (χ4v) is 4.90. The van der Waals surface area contributed by atoms with Gasteiger partial charge in [-0.2, -0.15) is 0 Å². The maximum Gasteiger partial charge on any atom is 0.278 e. The van der Waals surface area contributed by atoms with Gasteiger partial charge in [-0.3, -0.25) is 4.79 Å². The Bertz CT molecular complexity index is 877. The Balaban J connectivity index is 1.73. The van der Waals surface area contributed by atoms with Crippen LogP contribution in [0.5, 0.6) is 5.75 Å². The average molecular weight is 359 g/mol. The molecule has 2 aromatic rings. The zero-order chi connectivity index (χ0) is 17.7. The van der Waals surface area contributed by atoms with E-state index in [4.69, 9.17) is 4.74 Å². The van der Waals surface area contributed by atoms with Crippen molar-refractivity contribution in [1.82, 2.24) is 4.98 Å². The molecule has 1 amide bonds. The summed E-state index contributed by atoms with van der Waals surface area (Å²) in [5.74, 6) is 1.48. The van der Waals surface area contributed by atoms with Crippen molar-refractivity contribution in [3.05, 3.63) is 53.9 Å². The maximum absolute atomic E-state index is 12.4. The molecule has 1 saturated heterocycles. The van der Waals surface area contributed by atoms with Crippen LogP contribution >= 0.6 is 0 Å². The predicted octanol–water partition coefficient (Wildman–Crippen LogP) is 3.10. The van der Waals surface area contributed by atoms with Crippen LogP contribution in [0.3, 0.4) is 0 Å². The highest BCUT2D eigenvalue weighted by atomic mass is 32.2. The fraction of sp³-hybridized carbons (Fsp3) is 0.333. The molecule has 0 unspecified atom stereocenters. The lowest BCUT2D eigenvalue weighted by Crippen LogP contribution is -2.15. The Morgan fingerprint density at radius 2 is 2.08 bits per heavy atom. The van der Waals surface area contributed by atoms with Gasteiger partial charge in [-0.1, -0.05) is 12.1 Å². The largest absolute Gasteiger partial charge is 0.494 e. The number of ether oxygens (including phenoxy) is 1. The van der Waals surface area contributed by atoms with E-state index in [2.05, 4.69) is 14.7 Å². The second-order valence-corrected chi connectivity index (χ2v) is 8.50. The molecule has 0 bridgehead atoms. The Morgan fingerprint density at radius 3 is 2.84 bits per heavy atom. The topological polar surface area (TPSA) is 80.7 Å². The van der Waals surface area contributed by atoms with Crippen molar-refractivity contribution < 1.29 is 13.7 Å². The molecule has 0 aliphatic carbocycles. The normalized spacial score (nSPS) is 15.6. The van der Waals surface area contributed by atoms with Crippen LogP contribution in [0, 0.1) is 0 Å². The number of nitrogens with one attached hydrogen (secondary N) is 1. The van der Waals surface area contributed by atoms with Gasteiger partial charge in [0.1, 0.15) is 5.75 Å². The number of hydrogen-bond acceptors (Lipinski definition) is 5. The minimum Gasteiger partial charge on any atom is -0.494 e. The predicted molar refractivity (Wildman–Crippen MR) is 98.4 cm³/mol. The Morgan fingerprint density at radius 1 is 1.28 bits per heavy atom. The van der Waals surface area contributed by atoms with Crippen molar-refractivity contribution in [1.29, 1.82) is 0 Å². The number of benzene rings is 1. The van der Waals surface area contributed by atoms with E-state index in [1.807, 2.05) is 18.2 Å². The van der Waals surface area contributed by atoms with Crippen LogP contribution in [0.2, 0.25) is 0 Å². The average Bonchev–Trinajstić information content (AvgIpc) is 3.07. The number of hydrogen-bond donors (Lipinski definition) is 1. The smallest absolute Gasteiger partial charge is 0.278 e. The number of pyridine rings is 1. The van der Waals surface area contributed by atoms with E-state index in [0.29, 0.717) is 29.5 Å². The summed E-state index contributed by atoms with van der Waals surface area (Å²) in [6, 6.07) is 10.8. The quantitative estimate of drug-likeness (QED) is 0.889. The third kappa shape index (κ3) is 4.36. The van der Waals surface area contributed by atoms with Crippen LogP contribution in [0.25, 0.3) is 0 Å². The van der Waals surface area contributed by atoms with Crippen molar-refractivity contribution in [3.8, 4) is 5.75 Å². The summed E-state index contributed by atoms with van der Waals surface area (Å²) in [5, 5.41) is 2.82. The number of aromatic nitrogens is 1. The van der Waals surface area contributed by atoms with Crippen LogP contribution in [0.1, 0.15) is 28.9 Å². The summed E-state index contributed by atoms with van der Waals surface area (Å²) in [5.41, 5.74) is 1.79. The molecule has 0 atom stereocenters. The molecule has 1 aliphatic rings. The molecule has 2 heterocycles. The Kier molecular flexibility index (Phi) is 5.33. The molecule has 25 heavy (non-hydrogen) atoms. The molecule has 0 radical (unpaired) electrons. The molecule has 3 rings (SSSR count). The maximum atomic E-state index is 12.4. The minimum atomic E-state index is -2.03. The number of methoxy groups -OCH3 is 1. The zero-order valence-corrected chi connectivity index (χ0v) is 14.9. The van der Waals surface area contributed by atoms with Gasteiger partial charge in [0.15, 0.2) is 5.69 Å². The van der Waals surface area contributed by atoms with Crippen LogP contribution in [0.4, 0.5) is 5.69 Å². The summed E-state index contributed by atoms with van der Waals surface area (Å²) in [4.78, 5) is 16.5. The van der Waals surface area contributed by atoms with Crippen molar-refractivity contribution >= 4 is 21.3 Å². The zero-order valence-electron chi connectivity index (χ0n) is 14.1. The first-order valence-corrected chi connectivity index (χ1v) is 10.0. The monoisotopic (exact) mass is 359 g/mol. The van der Waals surface area contributed by atoms with Gasteiger partial charge in [0.25, 0.3) is 5.91 Å². The van der Waals surface area contributed by atoms with Crippen LogP contribution in [-0.4, -0.2) is 33.7 Å². The Hall–Kier alpha value is -2.41. The van der Waals surface area contributed by atoms with Gasteiger partial charge in [0.2, 0.25) is 0 Å². The highest BCUT2D eigenvalue weighted by Gasteiger charge is 2.16. The van der Waals surface area contributed by atoms with E-state index in [0.717, 1.165) is 18.4 Å². The highest BCUT2D eigenvalue weighted by molar-refractivity contribution is 7.93. The number of amides is 1. The highest BCUT2D eigenvalue weighted by Crippen LogP contribution is 2.19. The van der Waals surface area contributed by atoms with Gasteiger partial charge in [0.05, 0.1) is 13.7 Å². The summed E-state index contributed by atoms with van der Waals surface area (Å²) in [7, 11) is -0.529. The lowest BCUT2D eigenvalue weighted by Gasteiger charge is -2.09. The van der Waals surface area contributed by atoms with Crippen LogP contribution in [-0.2, 0) is 16.3 Å². The standard InChI is InChI=1S/C18H21N3O3S/c1-24-16-8-5-9-19-17(16)18(22)21-15-7-4-6-14(12-15)13-20-25(23)10-2-3-11-25/h4-9,12H,2-3,10-11,13H2,1H3,(H,21,22). The SMILES string of the molecule is COc1cccnc1C(=O)Nc1cccc(CN=S2(=O)CCCC2)c1. The number of carbonyl (C=O) groups excluding carboxylic acids is 1. The first kappa shape index (κ1) is 17.4. The molecule has 1 aromatic heterocycles. The number of nitrogens with zero attached hydrogens (tertiary/aromatic N) is 2. The van der Waals surface area contributed by atoms with Gasteiger partial charge >= 0.3 is 0 Å². The molecule has 1 aromatic carbocycles. The van der Waals surface area contributed by atoms with E-state index in [1.165, 1.54) is 7.11 Å². The lowest BCUT2D eigenvalue weighted by molar-refractivity contribution is 0.101. The van der Waals surface area contributed by atoms with Crippen LogP contribution in [0.15, 0.2) is 47.0 Å². The van der Waals surface area contributed by atoms with E-state index in [1.54, 1.807) is 24.4 Å². The molecule has 1 aliphatic heterocycles. The third-order valence-corrected chi connectivity index (χ3v) is 6.50. The number of anilines is 1. The van der Waals surface area contributed by atoms with Crippen molar-refractivity contribution in [2.45, 2.75) is 19.4 Å². The van der Waals surface area contributed by atoms with E-state index in [-0.39, 0.29) is 11.6 Å². The molecule has 0 spiro atoms. The summed E-state index contributed by atoms with van der Waals surface area (Å²) in [6.07, 6.45) is 3.53. The molecule has 7 heteroatoms. The summed E-state index contributed by atoms with van der Waals surface area (Å²) < 4.78 is 22.0. The minimum absolute atomic E-state index is 0.231. The van der Waals surface area contributed by atoms with E-state index in [9.17, 15) is 9.00 Å². The van der Waals surface area contributed by atoms with Crippen molar-refractivity contribution in [2.24, 2.45) is 4.36 Å². The lowest BCUT2D eigenvalue weighted by atomic mass is 10.2. The second-order valence-electron chi connectivity index (χ2n) is 5.88. The van der Waals surface area contributed by atoms with Gasteiger partial charge in [-0.05, 0) is 42.7 Å². The molecular weight excluding hydrogens is 338 g/mol. The van der Waals surface area contributed by atoms with E-state index < -0.39 is 9.73 Å². The molecule has 1 fully saturated rings. The number of rotatable bonds is 5. The van der Waals surface area contributed by atoms with E-state index >= 15 is 0 Å². The third-order valence-electron chi connectivity index (χ3n) is 4.05. The fourth-order valence-electron chi connectivity index (χ4n) is 2.74. The van der Waals surface area contributed by atoms with Crippen molar-refractivity contribution in [3.63, 3.8) is 0 Å². The molecule has 0 saturated carbocycles. The summed E-state index contributed by atoms with van der Waals surface area (Å²) >= 11 is 0. The van der Waals surface area contributed by atoms with Gasteiger partial charge in [-0.25, -0.2) is 13.6 Å². The first-order chi connectivity index (χ1) is 12.1. The molecule has 6 nitrogen and oxygen atoms in total. The molecule has 1 N–H and O–H groups in total. The van der Waals surface area contributed by atoms with Gasteiger partial charge in [0, 0.05) is 33.1 Å². The molecule has 132 valence electrons. The van der Waals surface area contributed by atoms with Gasteiger partial charge < -0.3 is 10.1 Å². The van der Waals surface area contributed by atoms with Gasteiger partial charge in [-0.15, -0.1) is 0 Å². The second kappa shape index (κ2) is 7.65. The Labute approximate surface area is 147 Å². The summed E-state index contributed by atoms with van der Waals surface area (Å²) in [6.45, 7) is 0.398. The van der Waals surface area contributed by atoms with Crippen LogP contribution < -0.4 is 10.1 Å². The first-order valence-electron chi connectivity index (χ1n) is 8.17. The van der Waals surface area contributed by atoms with Crippen molar-refractivity contribution in [2.75, 3.05) is 23.9 Å².